The number of anilines is 3. The van der Waals surface area contributed by atoms with Gasteiger partial charge in [0.25, 0.3) is 11.8 Å². The molecule has 0 spiro atoms. The number of rotatable bonds is 6. The van der Waals surface area contributed by atoms with Crippen molar-refractivity contribution in [2.45, 2.75) is 13.0 Å². The number of methoxy groups -OCH3 is 1. The van der Waals surface area contributed by atoms with E-state index in [-0.39, 0.29) is 11.5 Å². The van der Waals surface area contributed by atoms with Gasteiger partial charge >= 0.3 is 0 Å². The molecule has 0 unspecified atom stereocenters. The maximum atomic E-state index is 13.7. The molecule has 0 saturated carbocycles. The molecule has 0 saturated heterocycles. The number of hydrogen-bond donors (Lipinski definition) is 3. The Labute approximate surface area is 223 Å². The maximum Gasteiger partial charge on any atom is 0.261 e. The Morgan fingerprint density at radius 2 is 1.71 bits per heavy atom. The van der Waals surface area contributed by atoms with Gasteiger partial charge in [0.05, 0.1) is 24.6 Å². The molecule has 3 aromatic carbocycles. The lowest BCUT2D eigenvalue weighted by Gasteiger charge is -2.30. The van der Waals surface area contributed by atoms with Crippen LogP contribution in [0.25, 0.3) is 0 Å². The van der Waals surface area contributed by atoms with Crippen molar-refractivity contribution in [2.24, 2.45) is 0 Å². The zero-order chi connectivity index (χ0) is 26.8. The van der Waals surface area contributed by atoms with Gasteiger partial charge in [0.2, 0.25) is 0 Å². The largest absolute Gasteiger partial charge is 0.495 e. The van der Waals surface area contributed by atoms with Crippen LogP contribution in [0.4, 0.5) is 21.6 Å². The van der Waals surface area contributed by atoms with Gasteiger partial charge in [-0.25, -0.2) is 9.07 Å². The molecule has 0 bridgehead atoms. The predicted octanol–water partition coefficient (Wildman–Crippen LogP) is 5.86. The molecule has 0 fully saturated rings. The highest BCUT2D eigenvalue weighted by Gasteiger charge is 2.35. The first-order valence-electron chi connectivity index (χ1n) is 11.7. The van der Waals surface area contributed by atoms with Gasteiger partial charge in [-0.05, 0) is 61.0 Å². The van der Waals surface area contributed by atoms with E-state index in [1.807, 2.05) is 18.2 Å². The SMILES string of the molecule is COc1ccccc1NC(=O)C1=C(C)Nc2c(C(=O)Nc3ccc(F)cc3)cnn2[C@@H]1c1ccc(Cl)cc1. The molecular formula is C28H23ClFN5O3. The first-order valence-corrected chi connectivity index (χ1v) is 12.1. The fourth-order valence-electron chi connectivity index (χ4n) is 4.34. The number of nitrogens with zero attached hydrogens (tertiary/aromatic N) is 2. The molecular weight excluding hydrogens is 509 g/mol. The molecule has 1 atom stereocenters. The third-order valence-electron chi connectivity index (χ3n) is 6.16. The quantitative estimate of drug-likeness (QED) is 0.289. The van der Waals surface area contributed by atoms with Crippen molar-refractivity contribution in [3.8, 4) is 5.75 Å². The number of carbonyl (C=O) groups is 2. The number of allylic oxidation sites excluding steroid dienone is 1. The zero-order valence-electron chi connectivity index (χ0n) is 20.5. The Morgan fingerprint density at radius 3 is 2.42 bits per heavy atom. The van der Waals surface area contributed by atoms with E-state index >= 15 is 0 Å². The minimum atomic E-state index is -0.661. The number of carbonyl (C=O) groups excluding carboxylic acids is 2. The fraction of sp³-hybridized carbons (Fsp3) is 0.107. The van der Waals surface area contributed by atoms with E-state index in [1.165, 1.54) is 37.6 Å². The number of ether oxygens (including phenoxy) is 1. The third kappa shape index (κ3) is 4.83. The Kier molecular flexibility index (Phi) is 6.85. The molecule has 2 heterocycles. The van der Waals surface area contributed by atoms with E-state index in [4.69, 9.17) is 16.3 Å². The van der Waals surface area contributed by atoms with Crippen LogP contribution in [0.2, 0.25) is 5.02 Å². The van der Waals surface area contributed by atoms with Crippen LogP contribution in [0.5, 0.6) is 5.75 Å². The number of hydrogen-bond acceptors (Lipinski definition) is 5. The molecule has 2 amide bonds. The van der Waals surface area contributed by atoms with Gasteiger partial charge in [0.1, 0.15) is 29.0 Å². The number of amides is 2. The van der Waals surface area contributed by atoms with Gasteiger partial charge < -0.3 is 20.7 Å². The van der Waals surface area contributed by atoms with Gasteiger partial charge in [-0.2, -0.15) is 5.10 Å². The number of nitrogens with one attached hydrogen (secondary N) is 3. The van der Waals surface area contributed by atoms with E-state index in [0.717, 1.165) is 5.56 Å². The highest BCUT2D eigenvalue weighted by molar-refractivity contribution is 6.30. The smallest absolute Gasteiger partial charge is 0.261 e. The van der Waals surface area contributed by atoms with Gasteiger partial charge in [-0.1, -0.05) is 35.9 Å². The lowest BCUT2D eigenvalue weighted by molar-refractivity contribution is -0.113. The van der Waals surface area contributed by atoms with Gasteiger partial charge in [-0.15, -0.1) is 0 Å². The van der Waals surface area contributed by atoms with Crippen LogP contribution in [-0.2, 0) is 4.79 Å². The molecule has 1 aliphatic heterocycles. The minimum Gasteiger partial charge on any atom is -0.495 e. The highest BCUT2D eigenvalue weighted by atomic mass is 35.5. The summed E-state index contributed by atoms with van der Waals surface area (Å²) in [5.41, 5.74) is 2.90. The third-order valence-corrected chi connectivity index (χ3v) is 6.41. The lowest BCUT2D eigenvalue weighted by atomic mass is 9.94. The average Bonchev–Trinajstić information content (AvgIpc) is 3.33. The first-order chi connectivity index (χ1) is 18.4. The minimum absolute atomic E-state index is 0.261. The maximum absolute atomic E-state index is 13.7. The molecule has 1 aliphatic rings. The molecule has 1 aromatic heterocycles. The second kappa shape index (κ2) is 10.4. The van der Waals surface area contributed by atoms with Crippen LogP contribution in [0.3, 0.4) is 0 Å². The van der Waals surface area contributed by atoms with Crippen molar-refractivity contribution in [1.29, 1.82) is 0 Å². The van der Waals surface area contributed by atoms with Crippen molar-refractivity contribution >= 4 is 40.6 Å². The van der Waals surface area contributed by atoms with Crippen molar-refractivity contribution in [3.05, 3.63) is 112 Å². The summed E-state index contributed by atoms with van der Waals surface area (Å²) in [5.74, 6) is -0.271. The summed E-state index contributed by atoms with van der Waals surface area (Å²) in [4.78, 5) is 26.8. The van der Waals surface area contributed by atoms with Crippen LogP contribution in [0.15, 0.2) is 90.3 Å². The standard InChI is InChI=1S/C28H23ClFN5O3/c1-16-24(28(37)34-22-5-3-4-6-23(22)38-2)25(17-7-9-18(29)10-8-17)35-26(32-16)21(15-31-35)27(36)33-20-13-11-19(30)12-14-20/h3-15,25,32H,1-2H3,(H,33,36)(H,34,37)/t25-/m1/s1. The summed E-state index contributed by atoms with van der Waals surface area (Å²) in [5, 5.41) is 13.9. The topological polar surface area (TPSA) is 97.3 Å². The van der Waals surface area contributed by atoms with Crippen LogP contribution in [0.1, 0.15) is 28.9 Å². The number of fused-ring (bicyclic) bond motifs is 1. The summed E-state index contributed by atoms with van der Waals surface area (Å²) < 4.78 is 20.3. The Hall–Kier alpha value is -4.63. The Balaban J connectivity index is 1.54. The van der Waals surface area contributed by atoms with Gasteiger partial charge in [0.15, 0.2) is 0 Å². The van der Waals surface area contributed by atoms with Crippen LogP contribution in [0, 0.1) is 5.82 Å². The summed E-state index contributed by atoms with van der Waals surface area (Å²) >= 11 is 6.14. The predicted molar refractivity (Wildman–Crippen MR) is 144 cm³/mol. The lowest BCUT2D eigenvalue weighted by Crippen LogP contribution is -2.32. The monoisotopic (exact) mass is 531 g/mol. The van der Waals surface area contributed by atoms with Crippen molar-refractivity contribution in [2.75, 3.05) is 23.1 Å². The second-order valence-electron chi connectivity index (χ2n) is 8.58. The van der Waals surface area contributed by atoms with Crippen LogP contribution >= 0.6 is 11.6 Å². The van der Waals surface area contributed by atoms with Crippen molar-refractivity contribution < 1.29 is 18.7 Å². The van der Waals surface area contributed by atoms with Crippen LogP contribution < -0.4 is 20.7 Å². The summed E-state index contributed by atoms with van der Waals surface area (Å²) in [6.07, 6.45) is 1.43. The molecule has 0 aliphatic carbocycles. The summed E-state index contributed by atoms with van der Waals surface area (Å²) in [6, 6.07) is 19.0. The van der Waals surface area contributed by atoms with Gasteiger partial charge in [-0.3, -0.25) is 9.59 Å². The zero-order valence-corrected chi connectivity index (χ0v) is 21.2. The summed E-state index contributed by atoms with van der Waals surface area (Å²) in [7, 11) is 1.53. The normalized spacial score (nSPS) is 14.4. The summed E-state index contributed by atoms with van der Waals surface area (Å²) in [6.45, 7) is 1.76. The molecule has 5 rings (SSSR count). The average molecular weight is 532 g/mol. The van der Waals surface area contributed by atoms with E-state index in [0.29, 0.717) is 39.2 Å². The van der Waals surface area contributed by atoms with E-state index < -0.39 is 17.8 Å². The number of benzene rings is 3. The number of para-hydroxylation sites is 2. The highest BCUT2D eigenvalue weighted by Crippen LogP contribution is 2.38. The molecule has 4 aromatic rings. The van der Waals surface area contributed by atoms with E-state index in [1.54, 1.807) is 41.9 Å². The van der Waals surface area contributed by atoms with Crippen molar-refractivity contribution in [3.63, 3.8) is 0 Å². The fourth-order valence-corrected chi connectivity index (χ4v) is 4.46. The number of halogens is 2. The van der Waals surface area contributed by atoms with Crippen molar-refractivity contribution in [1.82, 2.24) is 9.78 Å². The van der Waals surface area contributed by atoms with Crippen LogP contribution in [-0.4, -0.2) is 28.7 Å². The van der Waals surface area contributed by atoms with E-state index in [2.05, 4.69) is 21.0 Å². The van der Waals surface area contributed by atoms with Gasteiger partial charge in [0, 0.05) is 16.4 Å². The molecule has 192 valence electrons. The first kappa shape index (κ1) is 25.0. The molecule has 0 radical (unpaired) electrons. The second-order valence-corrected chi connectivity index (χ2v) is 9.02. The molecule has 3 N–H and O–H groups in total. The number of aromatic nitrogens is 2. The molecule has 38 heavy (non-hydrogen) atoms. The molecule has 8 nitrogen and oxygen atoms in total. The molecule has 10 heteroatoms. The Morgan fingerprint density at radius 1 is 1.00 bits per heavy atom. The Bertz CT molecular complexity index is 1550. The van der Waals surface area contributed by atoms with E-state index in [9.17, 15) is 14.0 Å².